The number of H-pyrrole nitrogens is 1. The second kappa shape index (κ2) is 10.1. The van der Waals surface area contributed by atoms with Gasteiger partial charge in [-0.2, -0.15) is 13.2 Å². The minimum absolute atomic E-state index is 0.0269. The third-order valence-electron chi connectivity index (χ3n) is 6.73. The van der Waals surface area contributed by atoms with Crippen molar-refractivity contribution in [1.29, 1.82) is 0 Å². The number of urea groups is 1. The number of nitrogens with one attached hydrogen (secondary N) is 1. The summed E-state index contributed by atoms with van der Waals surface area (Å²) < 4.78 is 40.4. The maximum atomic E-state index is 13.6. The molecule has 3 amide bonds. The SMILES string of the molecule is CCC(=O)N1CCN(C(=O)N(C)C(C)c2cc(CC)cc(C(F)(F)F)c2)C(c2[nH]ccc2C)C1. The van der Waals surface area contributed by atoms with Crippen molar-refractivity contribution in [2.24, 2.45) is 0 Å². The molecule has 1 saturated heterocycles. The quantitative estimate of drug-likeness (QED) is 0.633. The Bertz CT molecular complexity index is 1030. The Morgan fingerprint density at radius 1 is 1.21 bits per heavy atom. The van der Waals surface area contributed by atoms with E-state index in [9.17, 15) is 22.8 Å². The number of benzene rings is 1. The van der Waals surface area contributed by atoms with Gasteiger partial charge < -0.3 is 19.7 Å². The highest BCUT2D eigenvalue weighted by Crippen LogP contribution is 2.34. The Hall–Kier alpha value is -2.97. The molecule has 2 aromatic rings. The summed E-state index contributed by atoms with van der Waals surface area (Å²) in [6.45, 7) is 8.41. The largest absolute Gasteiger partial charge is 0.416 e. The molecule has 2 unspecified atom stereocenters. The van der Waals surface area contributed by atoms with Crippen molar-refractivity contribution in [2.45, 2.75) is 58.8 Å². The summed E-state index contributed by atoms with van der Waals surface area (Å²) >= 11 is 0. The van der Waals surface area contributed by atoms with Crippen LogP contribution in [0.3, 0.4) is 0 Å². The predicted molar refractivity (Wildman–Crippen MR) is 124 cm³/mol. The number of carbonyl (C=O) groups excluding carboxylic acids is 2. The number of piperazine rings is 1. The van der Waals surface area contributed by atoms with Crippen molar-refractivity contribution in [3.8, 4) is 0 Å². The first-order chi connectivity index (χ1) is 16.0. The smallest absolute Gasteiger partial charge is 0.363 e. The lowest BCUT2D eigenvalue weighted by Gasteiger charge is -2.43. The van der Waals surface area contributed by atoms with Crippen LogP contribution in [0, 0.1) is 6.92 Å². The number of rotatable bonds is 5. The van der Waals surface area contributed by atoms with Crippen LogP contribution in [-0.4, -0.2) is 58.3 Å². The molecule has 34 heavy (non-hydrogen) atoms. The third kappa shape index (κ3) is 5.23. The van der Waals surface area contributed by atoms with Gasteiger partial charge in [0.05, 0.1) is 17.6 Å². The highest BCUT2D eigenvalue weighted by Gasteiger charge is 2.37. The molecule has 0 radical (unpaired) electrons. The summed E-state index contributed by atoms with van der Waals surface area (Å²) in [5, 5.41) is 0. The zero-order valence-corrected chi connectivity index (χ0v) is 20.4. The summed E-state index contributed by atoms with van der Waals surface area (Å²) in [7, 11) is 1.61. The van der Waals surface area contributed by atoms with E-state index >= 15 is 0 Å². The summed E-state index contributed by atoms with van der Waals surface area (Å²) in [5.74, 6) is 0.0269. The molecule has 9 heteroatoms. The number of aryl methyl sites for hydroxylation is 2. The fourth-order valence-electron chi connectivity index (χ4n) is 4.45. The van der Waals surface area contributed by atoms with E-state index < -0.39 is 17.8 Å². The zero-order chi connectivity index (χ0) is 25.2. The number of nitrogens with zero attached hydrogens (tertiary/aromatic N) is 3. The number of alkyl halides is 3. The van der Waals surface area contributed by atoms with Crippen molar-refractivity contribution >= 4 is 11.9 Å². The standard InChI is InChI=1S/C25H33F3N4O2/c1-6-18-12-19(14-20(13-18)25(26,27)28)17(4)30(5)24(34)32-11-10-31(22(33)7-2)15-21(32)23-16(3)8-9-29-23/h8-9,12-14,17,21,29H,6-7,10-11,15H2,1-5H3. The van der Waals surface area contributed by atoms with Crippen molar-refractivity contribution < 1.29 is 22.8 Å². The number of aromatic amines is 1. The van der Waals surface area contributed by atoms with Gasteiger partial charge in [0, 0.05) is 45.0 Å². The molecule has 6 nitrogen and oxygen atoms in total. The van der Waals surface area contributed by atoms with E-state index in [0.29, 0.717) is 43.6 Å². The minimum atomic E-state index is -4.46. The van der Waals surface area contributed by atoms with Crippen molar-refractivity contribution in [3.05, 3.63) is 58.4 Å². The van der Waals surface area contributed by atoms with Gasteiger partial charge in [0.25, 0.3) is 0 Å². The summed E-state index contributed by atoms with van der Waals surface area (Å²) in [5.41, 5.74) is 2.14. The molecule has 0 bridgehead atoms. The lowest BCUT2D eigenvalue weighted by atomic mass is 9.99. The highest BCUT2D eigenvalue weighted by molar-refractivity contribution is 5.78. The molecular weight excluding hydrogens is 445 g/mol. The Morgan fingerprint density at radius 2 is 1.91 bits per heavy atom. The topological polar surface area (TPSA) is 59.7 Å². The first-order valence-electron chi connectivity index (χ1n) is 11.6. The molecule has 186 valence electrons. The van der Waals surface area contributed by atoms with Gasteiger partial charge in [-0.15, -0.1) is 0 Å². The van der Waals surface area contributed by atoms with E-state index in [-0.39, 0.29) is 18.0 Å². The maximum absolute atomic E-state index is 13.6. The molecule has 3 rings (SSSR count). The molecular formula is C25H33F3N4O2. The van der Waals surface area contributed by atoms with Crippen LogP contribution in [-0.2, 0) is 17.4 Å². The molecule has 1 aromatic heterocycles. The van der Waals surface area contributed by atoms with Gasteiger partial charge in [-0.05, 0) is 55.2 Å². The number of aromatic nitrogens is 1. The van der Waals surface area contributed by atoms with Gasteiger partial charge in [-0.1, -0.05) is 19.9 Å². The molecule has 1 aliphatic rings. The van der Waals surface area contributed by atoms with Crippen molar-refractivity contribution in [2.75, 3.05) is 26.7 Å². The first-order valence-corrected chi connectivity index (χ1v) is 11.6. The van der Waals surface area contributed by atoms with Crippen LogP contribution in [0.4, 0.5) is 18.0 Å². The monoisotopic (exact) mass is 478 g/mol. The van der Waals surface area contributed by atoms with Gasteiger partial charge >= 0.3 is 12.2 Å². The fourth-order valence-corrected chi connectivity index (χ4v) is 4.45. The van der Waals surface area contributed by atoms with Crippen molar-refractivity contribution in [3.63, 3.8) is 0 Å². The molecule has 1 fully saturated rings. The average Bonchev–Trinajstić information content (AvgIpc) is 3.26. The van der Waals surface area contributed by atoms with E-state index in [4.69, 9.17) is 0 Å². The fraction of sp³-hybridized carbons (Fsp3) is 0.520. The van der Waals surface area contributed by atoms with Crippen LogP contribution >= 0.6 is 0 Å². The summed E-state index contributed by atoms with van der Waals surface area (Å²) in [6.07, 6.45) is -1.81. The Kier molecular flexibility index (Phi) is 7.63. The summed E-state index contributed by atoms with van der Waals surface area (Å²) in [4.78, 5) is 34.1. The van der Waals surface area contributed by atoms with Crippen LogP contribution in [0.25, 0.3) is 0 Å². The van der Waals surface area contributed by atoms with Gasteiger partial charge in [0.15, 0.2) is 0 Å². The molecule has 0 aliphatic carbocycles. The predicted octanol–water partition coefficient (Wildman–Crippen LogP) is 5.31. The lowest BCUT2D eigenvalue weighted by molar-refractivity contribution is -0.137. The van der Waals surface area contributed by atoms with Gasteiger partial charge in [0.2, 0.25) is 5.91 Å². The Morgan fingerprint density at radius 3 is 2.47 bits per heavy atom. The van der Waals surface area contributed by atoms with Crippen LogP contribution in [0.1, 0.15) is 67.2 Å². The minimum Gasteiger partial charge on any atom is -0.363 e. The van der Waals surface area contributed by atoms with E-state index in [1.165, 1.54) is 4.90 Å². The van der Waals surface area contributed by atoms with Gasteiger partial charge in [0.1, 0.15) is 0 Å². The number of carbonyl (C=O) groups is 2. The second-order valence-electron chi connectivity index (χ2n) is 8.86. The van der Waals surface area contributed by atoms with Crippen LogP contribution < -0.4 is 0 Å². The van der Waals surface area contributed by atoms with E-state index in [2.05, 4.69) is 4.98 Å². The average molecular weight is 479 g/mol. The summed E-state index contributed by atoms with van der Waals surface area (Å²) in [6, 6.07) is 4.71. The molecule has 1 aliphatic heterocycles. The normalized spacial score (nSPS) is 17.6. The lowest BCUT2D eigenvalue weighted by Crippen LogP contribution is -2.55. The van der Waals surface area contributed by atoms with Gasteiger partial charge in [-0.25, -0.2) is 4.79 Å². The molecule has 0 saturated carbocycles. The number of hydrogen-bond donors (Lipinski definition) is 1. The highest BCUT2D eigenvalue weighted by atomic mass is 19.4. The van der Waals surface area contributed by atoms with E-state index in [1.54, 1.807) is 43.0 Å². The third-order valence-corrected chi connectivity index (χ3v) is 6.73. The van der Waals surface area contributed by atoms with Crippen molar-refractivity contribution in [1.82, 2.24) is 19.7 Å². The molecule has 2 atom stereocenters. The number of amides is 3. The Labute approximate surface area is 198 Å². The molecule has 2 heterocycles. The molecule has 1 aromatic carbocycles. The van der Waals surface area contributed by atoms with E-state index in [1.807, 2.05) is 19.9 Å². The van der Waals surface area contributed by atoms with Crippen LogP contribution in [0.15, 0.2) is 30.5 Å². The van der Waals surface area contributed by atoms with Gasteiger partial charge in [-0.3, -0.25) is 4.79 Å². The Balaban J connectivity index is 1.90. The zero-order valence-electron chi connectivity index (χ0n) is 20.4. The number of hydrogen-bond acceptors (Lipinski definition) is 2. The van der Waals surface area contributed by atoms with E-state index in [0.717, 1.165) is 23.4 Å². The number of halogens is 3. The molecule has 1 N–H and O–H groups in total. The van der Waals surface area contributed by atoms with Crippen LogP contribution in [0.5, 0.6) is 0 Å². The maximum Gasteiger partial charge on any atom is 0.416 e. The first kappa shape index (κ1) is 25.6. The van der Waals surface area contributed by atoms with Crippen LogP contribution in [0.2, 0.25) is 0 Å². The second-order valence-corrected chi connectivity index (χ2v) is 8.86. The molecule has 0 spiro atoms.